The molecule has 0 aromatic carbocycles. The third-order valence-corrected chi connectivity index (χ3v) is 2.57. The lowest BCUT2D eigenvalue weighted by molar-refractivity contribution is -0.147. The van der Waals surface area contributed by atoms with Gasteiger partial charge in [-0.05, 0) is 18.9 Å². The smallest absolute Gasteiger partial charge is 0.313 e. The number of hydrogen-bond donors (Lipinski definition) is 3. The maximum absolute atomic E-state index is 10.9. The van der Waals surface area contributed by atoms with E-state index in [1.807, 2.05) is 0 Å². The van der Waals surface area contributed by atoms with Crippen molar-refractivity contribution in [3.8, 4) is 0 Å². The van der Waals surface area contributed by atoms with E-state index < -0.39 is 11.4 Å². The maximum Gasteiger partial charge on any atom is 0.313 e. The molecule has 13 heavy (non-hydrogen) atoms. The Labute approximate surface area is 76.4 Å². The highest BCUT2D eigenvalue weighted by molar-refractivity contribution is 5.78. The number of carboxylic acids is 1. The van der Waals surface area contributed by atoms with Crippen LogP contribution in [0.5, 0.6) is 0 Å². The molecule has 0 saturated heterocycles. The molecule has 0 heterocycles. The standard InChI is InChI=1S/C9H13NO3/c1-5-3-6(10)7(11)4-9(5,2)8(12)13/h3-5,11H,10H2,1-2H3,(H,12,13). The van der Waals surface area contributed by atoms with Gasteiger partial charge in [-0.3, -0.25) is 4.79 Å². The zero-order valence-corrected chi connectivity index (χ0v) is 7.61. The normalized spacial score (nSPS) is 33.5. The molecule has 0 spiro atoms. The highest BCUT2D eigenvalue weighted by atomic mass is 16.4. The Kier molecular flexibility index (Phi) is 2.07. The van der Waals surface area contributed by atoms with Gasteiger partial charge in [0.15, 0.2) is 0 Å². The van der Waals surface area contributed by atoms with Gasteiger partial charge in [0.1, 0.15) is 5.76 Å². The molecule has 2 unspecified atom stereocenters. The summed E-state index contributed by atoms with van der Waals surface area (Å²) in [6.45, 7) is 3.31. The first-order chi connectivity index (χ1) is 5.88. The van der Waals surface area contributed by atoms with Crippen LogP contribution in [-0.2, 0) is 4.79 Å². The molecule has 1 rings (SSSR count). The van der Waals surface area contributed by atoms with Crippen LogP contribution in [0.15, 0.2) is 23.6 Å². The van der Waals surface area contributed by atoms with Crippen LogP contribution in [0.25, 0.3) is 0 Å². The summed E-state index contributed by atoms with van der Waals surface area (Å²) < 4.78 is 0. The van der Waals surface area contributed by atoms with E-state index in [-0.39, 0.29) is 17.4 Å². The fourth-order valence-electron chi connectivity index (χ4n) is 1.28. The van der Waals surface area contributed by atoms with Gasteiger partial charge in [0.2, 0.25) is 0 Å². The van der Waals surface area contributed by atoms with Crippen LogP contribution >= 0.6 is 0 Å². The summed E-state index contributed by atoms with van der Waals surface area (Å²) in [7, 11) is 0. The number of aliphatic hydroxyl groups excluding tert-OH is 1. The monoisotopic (exact) mass is 183 g/mol. The van der Waals surface area contributed by atoms with Crippen LogP contribution in [0.2, 0.25) is 0 Å². The van der Waals surface area contributed by atoms with Crippen LogP contribution in [0.3, 0.4) is 0 Å². The van der Waals surface area contributed by atoms with E-state index in [9.17, 15) is 9.90 Å². The molecule has 1 aliphatic carbocycles. The Hall–Kier alpha value is -1.45. The lowest BCUT2D eigenvalue weighted by atomic mass is 9.74. The first kappa shape index (κ1) is 9.64. The average Bonchev–Trinajstić information content (AvgIpc) is 2.01. The third-order valence-electron chi connectivity index (χ3n) is 2.57. The number of aliphatic hydroxyl groups is 1. The van der Waals surface area contributed by atoms with E-state index in [1.165, 1.54) is 6.08 Å². The van der Waals surface area contributed by atoms with Gasteiger partial charge in [0.25, 0.3) is 0 Å². The van der Waals surface area contributed by atoms with Crippen molar-refractivity contribution in [3.05, 3.63) is 23.6 Å². The van der Waals surface area contributed by atoms with Crippen molar-refractivity contribution >= 4 is 5.97 Å². The van der Waals surface area contributed by atoms with E-state index in [0.29, 0.717) is 0 Å². The summed E-state index contributed by atoms with van der Waals surface area (Å²) in [5, 5.41) is 18.2. The molecule has 0 amide bonds. The molecule has 0 aliphatic heterocycles. The maximum atomic E-state index is 10.9. The van der Waals surface area contributed by atoms with Crippen LogP contribution in [-0.4, -0.2) is 16.2 Å². The van der Waals surface area contributed by atoms with E-state index >= 15 is 0 Å². The van der Waals surface area contributed by atoms with Gasteiger partial charge in [-0.1, -0.05) is 13.0 Å². The zero-order chi connectivity index (χ0) is 10.2. The Morgan fingerprint density at radius 2 is 2.23 bits per heavy atom. The number of hydrogen-bond acceptors (Lipinski definition) is 3. The Bertz CT molecular complexity index is 306. The van der Waals surface area contributed by atoms with Crippen molar-refractivity contribution in [1.29, 1.82) is 0 Å². The molecular formula is C9H13NO3. The molecular weight excluding hydrogens is 170 g/mol. The van der Waals surface area contributed by atoms with E-state index in [0.717, 1.165) is 0 Å². The SMILES string of the molecule is CC1C=C(N)C(O)=CC1(C)C(=O)O. The number of aliphatic carboxylic acids is 1. The van der Waals surface area contributed by atoms with Crippen molar-refractivity contribution in [3.63, 3.8) is 0 Å². The van der Waals surface area contributed by atoms with Crippen molar-refractivity contribution in [2.24, 2.45) is 17.1 Å². The predicted molar refractivity (Wildman–Crippen MR) is 47.9 cm³/mol. The second-order valence-corrected chi connectivity index (χ2v) is 3.53. The molecule has 0 bridgehead atoms. The lowest BCUT2D eigenvalue weighted by Crippen LogP contribution is -2.35. The van der Waals surface area contributed by atoms with Gasteiger partial charge in [-0.15, -0.1) is 0 Å². The Balaban J connectivity index is 3.12. The van der Waals surface area contributed by atoms with Crippen molar-refractivity contribution < 1.29 is 15.0 Å². The minimum Gasteiger partial charge on any atom is -0.506 e. The molecule has 0 fully saturated rings. The molecule has 4 nitrogen and oxygen atoms in total. The summed E-state index contributed by atoms with van der Waals surface area (Å²) in [6, 6.07) is 0. The molecule has 0 aromatic heterocycles. The number of allylic oxidation sites excluding steroid dienone is 1. The van der Waals surface area contributed by atoms with Crippen molar-refractivity contribution in [2.45, 2.75) is 13.8 Å². The summed E-state index contributed by atoms with van der Waals surface area (Å²) in [5.74, 6) is -1.33. The Morgan fingerprint density at radius 1 is 1.69 bits per heavy atom. The van der Waals surface area contributed by atoms with E-state index in [4.69, 9.17) is 10.8 Å². The van der Waals surface area contributed by atoms with E-state index in [1.54, 1.807) is 19.9 Å². The van der Waals surface area contributed by atoms with Gasteiger partial charge in [0.05, 0.1) is 11.1 Å². The highest BCUT2D eigenvalue weighted by Gasteiger charge is 2.39. The third kappa shape index (κ3) is 1.39. The number of nitrogens with two attached hydrogens (primary N) is 1. The predicted octanol–water partition coefficient (Wildman–Crippen LogP) is 1.01. The molecule has 4 N–H and O–H groups in total. The summed E-state index contributed by atoms with van der Waals surface area (Å²) in [4.78, 5) is 10.9. The van der Waals surface area contributed by atoms with Gasteiger partial charge in [-0.25, -0.2) is 0 Å². The number of rotatable bonds is 1. The molecule has 72 valence electrons. The first-order valence-corrected chi connectivity index (χ1v) is 4.01. The second kappa shape index (κ2) is 2.80. The van der Waals surface area contributed by atoms with Gasteiger partial charge in [0, 0.05) is 0 Å². The van der Waals surface area contributed by atoms with Gasteiger partial charge >= 0.3 is 5.97 Å². The highest BCUT2D eigenvalue weighted by Crippen LogP contribution is 2.35. The first-order valence-electron chi connectivity index (χ1n) is 4.01. The van der Waals surface area contributed by atoms with Gasteiger partial charge < -0.3 is 15.9 Å². The molecule has 4 heteroatoms. The summed E-state index contributed by atoms with van der Waals surface area (Å²) >= 11 is 0. The van der Waals surface area contributed by atoms with E-state index in [2.05, 4.69) is 0 Å². The van der Waals surface area contributed by atoms with Crippen LogP contribution in [0.4, 0.5) is 0 Å². The lowest BCUT2D eigenvalue weighted by Gasteiger charge is -2.30. The quantitative estimate of drug-likeness (QED) is 0.566. The largest absolute Gasteiger partial charge is 0.506 e. The summed E-state index contributed by atoms with van der Waals surface area (Å²) in [5.41, 5.74) is 4.62. The zero-order valence-electron chi connectivity index (χ0n) is 7.61. The average molecular weight is 183 g/mol. The topological polar surface area (TPSA) is 83.5 Å². The second-order valence-electron chi connectivity index (χ2n) is 3.53. The van der Waals surface area contributed by atoms with Gasteiger partial charge in [-0.2, -0.15) is 0 Å². The fourth-order valence-corrected chi connectivity index (χ4v) is 1.28. The molecule has 0 radical (unpaired) electrons. The number of carbonyl (C=O) groups is 1. The molecule has 0 aromatic rings. The van der Waals surface area contributed by atoms with Crippen LogP contribution < -0.4 is 5.73 Å². The van der Waals surface area contributed by atoms with Crippen LogP contribution in [0, 0.1) is 11.3 Å². The molecule has 2 atom stereocenters. The Morgan fingerprint density at radius 3 is 2.69 bits per heavy atom. The molecule has 0 saturated carbocycles. The van der Waals surface area contributed by atoms with Crippen molar-refractivity contribution in [2.75, 3.05) is 0 Å². The molecule has 1 aliphatic rings. The number of carboxylic acid groups (broad SMARTS) is 1. The van der Waals surface area contributed by atoms with Crippen molar-refractivity contribution in [1.82, 2.24) is 0 Å². The fraction of sp³-hybridized carbons (Fsp3) is 0.444. The van der Waals surface area contributed by atoms with Crippen LogP contribution in [0.1, 0.15) is 13.8 Å². The minimum absolute atomic E-state index is 0.150. The minimum atomic E-state index is -1.06. The summed E-state index contributed by atoms with van der Waals surface area (Å²) in [6.07, 6.45) is 2.85.